The molecule has 1 saturated heterocycles. The number of carbonyl (C=O) groups is 1. The molecule has 0 amide bonds. The highest BCUT2D eigenvalue weighted by atomic mass is 16.1. The van der Waals surface area contributed by atoms with Crippen molar-refractivity contribution in [3.05, 3.63) is 34.9 Å². The monoisotopic (exact) mass is 274 g/mol. The highest BCUT2D eigenvalue weighted by molar-refractivity contribution is 5.81. The van der Waals surface area contributed by atoms with Crippen LogP contribution in [0.4, 0.5) is 0 Å². The summed E-state index contributed by atoms with van der Waals surface area (Å²) in [7, 11) is 0. The van der Waals surface area contributed by atoms with Crippen molar-refractivity contribution in [2.45, 2.75) is 46.2 Å². The summed E-state index contributed by atoms with van der Waals surface area (Å²) in [5, 5.41) is 3.44. The van der Waals surface area contributed by atoms with Gasteiger partial charge in [0.25, 0.3) is 0 Å². The minimum Gasteiger partial charge on any atom is -0.312 e. The molecule has 1 heterocycles. The average Bonchev–Trinajstić information content (AvgIpc) is 2.37. The molecule has 1 aliphatic heterocycles. The third-order valence-electron chi connectivity index (χ3n) is 4.22. The van der Waals surface area contributed by atoms with Crippen molar-refractivity contribution in [2.24, 2.45) is 0 Å². The number of rotatable bonds is 4. The number of hydrogen-bond donors (Lipinski definition) is 1. The molecule has 0 aromatic heterocycles. The highest BCUT2D eigenvalue weighted by Crippen LogP contribution is 2.17. The summed E-state index contributed by atoms with van der Waals surface area (Å²) in [6.07, 6.45) is 0.828. The molecular formula is C17H26N2O. The average molecular weight is 274 g/mol. The van der Waals surface area contributed by atoms with Crippen LogP contribution in [0.5, 0.6) is 0 Å². The fourth-order valence-electron chi connectivity index (χ4n) is 3.06. The van der Waals surface area contributed by atoms with E-state index in [1.54, 1.807) is 6.92 Å². The molecule has 0 unspecified atom stereocenters. The number of hydrogen-bond acceptors (Lipinski definition) is 3. The van der Waals surface area contributed by atoms with Gasteiger partial charge in [0, 0.05) is 25.7 Å². The van der Waals surface area contributed by atoms with Crippen LogP contribution in [-0.2, 0) is 11.2 Å². The van der Waals surface area contributed by atoms with E-state index >= 15 is 0 Å². The Balaban J connectivity index is 2.14. The molecular weight excluding hydrogens is 248 g/mol. The molecule has 20 heavy (non-hydrogen) atoms. The first-order valence-corrected chi connectivity index (χ1v) is 7.51. The van der Waals surface area contributed by atoms with E-state index in [1.165, 1.54) is 16.7 Å². The van der Waals surface area contributed by atoms with Gasteiger partial charge in [-0.2, -0.15) is 0 Å². The molecule has 0 spiro atoms. The lowest BCUT2D eigenvalue weighted by Gasteiger charge is -2.37. The van der Waals surface area contributed by atoms with Gasteiger partial charge in [0.15, 0.2) is 0 Å². The molecule has 1 fully saturated rings. The van der Waals surface area contributed by atoms with Crippen LogP contribution in [0.3, 0.4) is 0 Å². The molecule has 2 atom stereocenters. The lowest BCUT2D eigenvalue weighted by atomic mass is 9.96. The Morgan fingerprint density at radius 1 is 1.45 bits per heavy atom. The summed E-state index contributed by atoms with van der Waals surface area (Å²) in [5.74, 6) is 0.277. The van der Waals surface area contributed by atoms with E-state index in [0.717, 1.165) is 26.1 Å². The molecule has 2 rings (SSSR count). The number of nitrogens with one attached hydrogen (secondary N) is 1. The standard InChI is InChI=1S/C17H26N2O/c1-12-5-6-16(13(2)9-12)10-17(15(4)20)19-8-7-18-14(3)11-19/h5-6,9,14,17-18H,7-8,10-11H2,1-4H3/t14-,17-/m0/s1. The summed E-state index contributed by atoms with van der Waals surface area (Å²) in [5.41, 5.74) is 3.86. The molecule has 0 bridgehead atoms. The van der Waals surface area contributed by atoms with Gasteiger partial charge in [-0.3, -0.25) is 9.69 Å². The summed E-state index contributed by atoms with van der Waals surface area (Å²) < 4.78 is 0. The van der Waals surface area contributed by atoms with Crippen LogP contribution in [0.25, 0.3) is 0 Å². The molecule has 3 nitrogen and oxygen atoms in total. The Labute approximate surface area is 122 Å². The largest absolute Gasteiger partial charge is 0.312 e. The molecule has 0 saturated carbocycles. The predicted octanol–water partition coefficient (Wildman–Crippen LogP) is 2.10. The number of ketones is 1. The zero-order valence-electron chi connectivity index (χ0n) is 13.1. The smallest absolute Gasteiger partial charge is 0.147 e. The van der Waals surface area contributed by atoms with Crippen LogP contribution in [0.1, 0.15) is 30.5 Å². The van der Waals surface area contributed by atoms with Crippen molar-refractivity contribution in [3.63, 3.8) is 0 Å². The Morgan fingerprint density at radius 3 is 2.80 bits per heavy atom. The topological polar surface area (TPSA) is 32.3 Å². The fraction of sp³-hybridized carbons (Fsp3) is 0.588. The van der Waals surface area contributed by atoms with Gasteiger partial charge in [-0.1, -0.05) is 23.8 Å². The second-order valence-corrected chi connectivity index (χ2v) is 6.11. The molecule has 0 radical (unpaired) electrons. The zero-order chi connectivity index (χ0) is 14.7. The van der Waals surface area contributed by atoms with Crippen molar-refractivity contribution in [1.29, 1.82) is 0 Å². The summed E-state index contributed by atoms with van der Waals surface area (Å²) >= 11 is 0. The molecule has 1 aromatic carbocycles. The first kappa shape index (κ1) is 15.2. The van der Waals surface area contributed by atoms with Crippen molar-refractivity contribution < 1.29 is 4.79 Å². The van der Waals surface area contributed by atoms with E-state index in [1.807, 2.05) is 0 Å². The Hall–Kier alpha value is -1.19. The number of carbonyl (C=O) groups excluding carboxylic acids is 1. The van der Waals surface area contributed by atoms with E-state index in [-0.39, 0.29) is 11.8 Å². The summed E-state index contributed by atoms with van der Waals surface area (Å²) in [6.45, 7) is 11.0. The van der Waals surface area contributed by atoms with E-state index in [9.17, 15) is 4.79 Å². The first-order valence-electron chi connectivity index (χ1n) is 7.51. The third-order valence-corrected chi connectivity index (χ3v) is 4.22. The minimum absolute atomic E-state index is 0.0148. The van der Waals surface area contributed by atoms with Crippen LogP contribution in [0.2, 0.25) is 0 Å². The van der Waals surface area contributed by atoms with Gasteiger partial charge >= 0.3 is 0 Å². The number of benzene rings is 1. The van der Waals surface area contributed by atoms with Crippen LogP contribution >= 0.6 is 0 Å². The lowest BCUT2D eigenvalue weighted by molar-refractivity contribution is -0.122. The van der Waals surface area contributed by atoms with E-state index in [0.29, 0.717) is 6.04 Å². The van der Waals surface area contributed by atoms with Crippen LogP contribution in [0, 0.1) is 13.8 Å². The number of nitrogens with zero attached hydrogens (tertiary/aromatic N) is 1. The normalized spacial score (nSPS) is 21.7. The van der Waals surface area contributed by atoms with Gasteiger partial charge in [-0.15, -0.1) is 0 Å². The Morgan fingerprint density at radius 2 is 2.20 bits per heavy atom. The molecule has 110 valence electrons. The van der Waals surface area contributed by atoms with E-state index in [4.69, 9.17) is 0 Å². The molecule has 0 aliphatic carbocycles. The molecule has 3 heteroatoms. The third kappa shape index (κ3) is 3.68. The van der Waals surface area contributed by atoms with Gasteiger partial charge < -0.3 is 5.32 Å². The van der Waals surface area contributed by atoms with Gasteiger partial charge in [0.2, 0.25) is 0 Å². The number of Topliss-reactive ketones (excluding diaryl/α,β-unsaturated/α-hetero) is 1. The zero-order valence-corrected chi connectivity index (χ0v) is 13.1. The van der Waals surface area contributed by atoms with Crippen molar-refractivity contribution >= 4 is 5.78 Å². The molecule has 1 aliphatic rings. The van der Waals surface area contributed by atoms with Crippen LogP contribution < -0.4 is 5.32 Å². The minimum atomic E-state index is 0.0148. The predicted molar refractivity (Wildman–Crippen MR) is 83.1 cm³/mol. The second kappa shape index (κ2) is 6.51. The van der Waals surface area contributed by atoms with Gasteiger partial charge in [0.05, 0.1) is 6.04 Å². The van der Waals surface area contributed by atoms with Crippen LogP contribution in [-0.4, -0.2) is 42.4 Å². The Kier molecular flexibility index (Phi) is 4.95. The van der Waals surface area contributed by atoms with Crippen molar-refractivity contribution in [3.8, 4) is 0 Å². The SMILES string of the molecule is CC(=O)[C@H](Cc1ccc(C)cc1C)N1CCN[C@@H](C)C1. The lowest BCUT2D eigenvalue weighted by Crippen LogP contribution is -2.55. The van der Waals surface area contributed by atoms with Crippen molar-refractivity contribution in [1.82, 2.24) is 10.2 Å². The van der Waals surface area contributed by atoms with E-state index in [2.05, 4.69) is 49.2 Å². The quantitative estimate of drug-likeness (QED) is 0.912. The summed E-state index contributed by atoms with van der Waals surface area (Å²) in [4.78, 5) is 14.4. The maximum Gasteiger partial charge on any atom is 0.147 e. The van der Waals surface area contributed by atoms with Crippen LogP contribution in [0.15, 0.2) is 18.2 Å². The fourth-order valence-corrected chi connectivity index (χ4v) is 3.06. The maximum atomic E-state index is 12.1. The Bertz CT molecular complexity index is 484. The first-order chi connectivity index (χ1) is 9.47. The van der Waals surface area contributed by atoms with Gasteiger partial charge in [-0.25, -0.2) is 0 Å². The summed E-state index contributed by atoms with van der Waals surface area (Å²) in [6, 6.07) is 6.99. The highest BCUT2D eigenvalue weighted by Gasteiger charge is 2.27. The van der Waals surface area contributed by atoms with Gasteiger partial charge in [0.1, 0.15) is 5.78 Å². The van der Waals surface area contributed by atoms with E-state index < -0.39 is 0 Å². The van der Waals surface area contributed by atoms with Gasteiger partial charge in [-0.05, 0) is 45.2 Å². The van der Waals surface area contributed by atoms with Crippen molar-refractivity contribution in [2.75, 3.05) is 19.6 Å². The number of aryl methyl sites for hydroxylation is 2. The second-order valence-electron chi connectivity index (χ2n) is 6.11. The molecule has 1 aromatic rings. The maximum absolute atomic E-state index is 12.1. The number of piperazine rings is 1. The molecule has 1 N–H and O–H groups in total.